The molecule has 0 spiro atoms. The highest BCUT2D eigenvalue weighted by atomic mass is 16.5. The van der Waals surface area contributed by atoms with E-state index in [1.165, 1.54) is 5.56 Å². The standard InChI is InChI=1S/C20H24N2O3/c1-14(2)17-8-4-15(5-9-17)12-21-19(23)20(24)22-13-16-6-10-18(25-3)11-7-16/h4-11,14H,12-13H2,1-3H3,(H,21,23)(H,22,24). The maximum atomic E-state index is 11.9. The summed E-state index contributed by atoms with van der Waals surface area (Å²) in [5.74, 6) is -0.0697. The SMILES string of the molecule is COc1ccc(CNC(=O)C(=O)NCc2ccc(C(C)C)cc2)cc1. The van der Waals surface area contributed by atoms with Gasteiger partial charge in [-0.3, -0.25) is 9.59 Å². The van der Waals surface area contributed by atoms with Gasteiger partial charge < -0.3 is 15.4 Å². The van der Waals surface area contributed by atoms with Crippen LogP contribution in [-0.2, 0) is 22.7 Å². The highest BCUT2D eigenvalue weighted by Crippen LogP contribution is 2.14. The molecule has 25 heavy (non-hydrogen) atoms. The smallest absolute Gasteiger partial charge is 0.309 e. The number of ether oxygens (including phenoxy) is 1. The van der Waals surface area contributed by atoms with Gasteiger partial charge in [0, 0.05) is 13.1 Å². The van der Waals surface area contributed by atoms with E-state index >= 15 is 0 Å². The van der Waals surface area contributed by atoms with Crippen molar-refractivity contribution in [2.75, 3.05) is 7.11 Å². The van der Waals surface area contributed by atoms with Crippen molar-refractivity contribution in [3.05, 3.63) is 65.2 Å². The molecule has 2 rings (SSSR count). The van der Waals surface area contributed by atoms with E-state index < -0.39 is 11.8 Å². The van der Waals surface area contributed by atoms with E-state index in [9.17, 15) is 9.59 Å². The molecular weight excluding hydrogens is 316 g/mol. The van der Waals surface area contributed by atoms with Crippen molar-refractivity contribution < 1.29 is 14.3 Å². The molecule has 132 valence electrons. The summed E-state index contributed by atoms with van der Waals surface area (Å²) in [6.45, 7) is 4.88. The Kier molecular flexibility index (Phi) is 6.57. The number of methoxy groups -OCH3 is 1. The van der Waals surface area contributed by atoms with Gasteiger partial charge in [-0.25, -0.2) is 0 Å². The molecule has 0 saturated carbocycles. The number of carbonyl (C=O) groups is 2. The molecule has 0 aliphatic carbocycles. The molecule has 0 aromatic heterocycles. The minimum atomic E-state index is -0.644. The Labute approximate surface area is 148 Å². The van der Waals surface area contributed by atoms with Crippen molar-refractivity contribution in [2.45, 2.75) is 32.9 Å². The molecule has 0 fully saturated rings. The van der Waals surface area contributed by atoms with Gasteiger partial charge in [-0.2, -0.15) is 0 Å². The van der Waals surface area contributed by atoms with Crippen molar-refractivity contribution in [2.24, 2.45) is 0 Å². The molecule has 0 radical (unpaired) electrons. The van der Waals surface area contributed by atoms with Gasteiger partial charge in [-0.05, 0) is 34.7 Å². The Morgan fingerprint density at radius 3 is 1.68 bits per heavy atom. The summed E-state index contributed by atoms with van der Waals surface area (Å²) in [4.78, 5) is 23.7. The summed E-state index contributed by atoms with van der Waals surface area (Å²) in [6.07, 6.45) is 0. The molecule has 0 heterocycles. The summed E-state index contributed by atoms with van der Waals surface area (Å²) in [5.41, 5.74) is 3.10. The normalized spacial score (nSPS) is 10.4. The molecule has 0 unspecified atom stereocenters. The van der Waals surface area contributed by atoms with E-state index in [4.69, 9.17) is 4.74 Å². The third-order valence-corrected chi connectivity index (χ3v) is 3.92. The molecular formula is C20H24N2O3. The van der Waals surface area contributed by atoms with Crippen LogP contribution in [0.5, 0.6) is 5.75 Å². The third kappa shape index (κ3) is 5.64. The minimum absolute atomic E-state index is 0.291. The molecule has 0 bridgehead atoms. The second-order valence-corrected chi connectivity index (χ2v) is 6.11. The van der Waals surface area contributed by atoms with Crippen LogP contribution in [0.4, 0.5) is 0 Å². The largest absolute Gasteiger partial charge is 0.497 e. The average Bonchev–Trinajstić information content (AvgIpc) is 2.64. The van der Waals surface area contributed by atoms with E-state index in [1.807, 2.05) is 48.5 Å². The summed E-state index contributed by atoms with van der Waals surface area (Å²) < 4.78 is 5.08. The van der Waals surface area contributed by atoms with E-state index in [2.05, 4.69) is 24.5 Å². The Morgan fingerprint density at radius 2 is 1.28 bits per heavy atom. The van der Waals surface area contributed by atoms with E-state index in [0.29, 0.717) is 19.0 Å². The molecule has 5 heteroatoms. The molecule has 0 saturated heterocycles. The predicted molar refractivity (Wildman–Crippen MR) is 97.2 cm³/mol. The minimum Gasteiger partial charge on any atom is -0.497 e. The predicted octanol–water partition coefficient (Wildman–Crippen LogP) is 2.75. The van der Waals surface area contributed by atoms with Crippen LogP contribution in [0.2, 0.25) is 0 Å². The molecule has 0 aliphatic heterocycles. The summed E-state index contributed by atoms with van der Waals surface area (Å²) in [6, 6.07) is 15.3. The lowest BCUT2D eigenvalue weighted by atomic mass is 10.0. The lowest BCUT2D eigenvalue weighted by molar-refractivity contribution is -0.139. The van der Waals surface area contributed by atoms with Gasteiger partial charge >= 0.3 is 11.8 Å². The van der Waals surface area contributed by atoms with Crippen LogP contribution < -0.4 is 15.4 Å². The Balaban J connectivity index is 1.78. The Morgan fingerprint density at radius 1 is 0.840 bits per heavy atom. The number of hydrogen-bond acceptors (Lipinski definition) is 3. The fourth-order valence-electron chi connectivity index (χ4n) is 2.29. The first-order valence-electron chi connectivity index (χ1n) is 8.27. The number of hydrogen-bond donors (Lipinski definition) is 2. The van der Waals surface area contributed by atoms with Crippen molar-refractivity contribution in [3.63, 3.8) is 0 Å². The van der Waals surface area contributed by atoms with Crippen LogP contribution in [0.15, 0.2) is 48.5 Å². The quantitative estimate of drug-likeness (QED) is 0.795. The topological polar surface area (TPSA) is 67.4 Å². The third-order valence-electron chi connectivity index (χ3n) is 3.92. The van der Waals surface area contributed by atoms with Gasteiger partial charge in [0.25, 0.3) is 0 Å². The maximum absolute atomic E-state index is 11.9. The Bertz CT molecular complexity index is 707. The van der Waals surface area contributed by atoms with Crippen molar-refractivity contribution >= 4 is 11.8 Å². The molecule has 5 nitrogen and oxygen atoms in total. The zero-order chi connectivity index (χ0) is 18.2. The highest BCUT2D eigenvalue weighted by Gasteiger charge is 2.12. The van der Waals surface area contributed by atoms with Crippen molar-refractivity contribution in [1.29, 1.82) is 0 Å². The van der Waals surface area contributed by atoms with Crippen LogP contribution in [0.25, 0.3) is 0 Å². The number of carbonyl (C=O) groups excluding carboxylic acids is 2. The second-order valence-electron chi connectivity index (χ2n) is 6.11. The Hall–Kier alpha value is -2.82. The van der Waals surface area contributed by atoms with Gasteiger partial charge in [0.15, 0.2) is 0 Å². The van der Waals surface area contributed by atoms with E-state index in [-0.39, 0.29) is 0 Å². The number of benzene rings is 2. The zero-order valence-corrected chi connectivity index (χ0v) is 14.8. The van der Waals surface area contributed by atoms with Gasteiger partial charge in [-0.1, -0.05) is 50.2 Å². The fraction of sp³-hybridized carbons (Fsp3) is 0.300. The number of nitrogens with one attached hydrogen (secondary N) is 2. The maximum Gasteiger partial charge on any atom is 0.309 e. The lowest BCUT2D eigenvalue weighted by Crippen LogP contribution is -2.39. The molecule has 2 amide bonds. The van der Waals surface area contributed by atoms with E-state index in [1.54, 1.807) is 7.11 Å². The summed E-state index contributed by atoms with van der Waals surface area (Å²) in [5, 5.41) is 5.24. The van der Waals surface area contributed by atoms with Gasteiger partial charge in [0.1, 0.15) is 5.75 Å². The van der Waals surface area contributed by atoms with Gasteiger partial charge in [0.05, 0.1) is 7.11 Å². The lowest BCUT2D eigenvalue weighted by Gasteiger charge is -2.09. The molecule has 2 N–H and O–H groups in total. The zero-order valence-electron chi connectivity index (χ0n) is 14.8. The molecule has 2 aromatic carbocycles. The highest BCUT2D eigenvalue weighted by molar-refractivity contribution is 6.35. The monoisotopic (exact) mass is 340 g/mol. The van der Waals surface area contributed by atoms with Gasteiger partial charge in [-0.15, -0.1) is 0 Å². The van der Waals surface area contributed by atoms with E-state index in [0.717, 1.165) is 16.9 Å². The van der Waals surface area contributed by atoms with Crippen LogP contribution in [0.1, 0.15) is 36.5 Å². The van der Waals surface area contributed by atoms with Crippen molar-refractivity contribution in [3.8, 4) is 5.75 Å². The van der Waals surface area contributed by atoms with Crippen LogP contribution in [0.3, 0.4) is 0 Å². The van der Waals surface area contributed by atoms with Crippen molar-refractivity contribution in [1.82, 2.24) is 10.6 Å². The van der Waals surface area contributed by atoms with Crippen LogP contribution in [-0.4, -0.2) is 18.9 Å². The summed E-state index contributed by atoms with van der Waals surface area (Å²) in [7, 11) is 1.59. The fourth-order valence-corrected chi connectivity index (χ4v) is 2.29. The first-order chi connectivity index (χ1) is 12.0. The molecule has 0 atom stereocenters. The average molecular weight is 340 g/mol. The first-order valence-corrected chi connectivity index (χ1v) is 8.27. The molecule has 2 aromatic rings. The first kappa shape index (κ1) is 18.5. The number of rotatable bonds is 6. The summed E-state index contributed by atoms with van der Waals surface area (Å²) >= 11 is 0. The second kappa shape index (κ2) is 8.87. The molecule has 0 aliphatic rings. The van der Waals surface area contributed by atoms with Gasteiger partial charge in [0.2, 0.25) is 0 Å². The van der Waals surface area contributed by atoms with Crippen LogP contribution >= 0.6 is 0 Å². The van der Waals surface area contributed by atoms with Crippen LogP contribution in [0, 0.1) is 0 Å². The number of amides is 2.